The van der Waals surface area contributed by atoms with Crippen LogP contribution in [0.3, 0.4) is 0 Å². The van der Waals surface area contributed by atoms with Crippen molar-refractivity contribution in [3.8, 4) is 11.6 Å². The summed E-state index contributed by atoms with van der Waals surface area (Å²) in [7, 11) is 0. The zero-order valence-electron chi connectivity index (χ0n) is 15.5. The fourth-order valence-electron chi connectivity index (χ4n) is 3.34. The van der Waals surface area contributed by atoms with E-state index in [1.807, 2.05) is 26.0 Å². The number of hydrogen-bond donors (Lipinski definition) is 4. The number of benzene rings is 1. The Morgan fingerprint density at radius 3 is 2.61 bits per heavy atom. The molecule has 0 unspecified atom stereocenters. The van der Waals surface area contributed by atoms with Crippen molar-refractivity contribution in [2.24, 2.45) is 0 Å². The predicted octanol–water partition coefficient (Wildman–Crippen LogP) is 1.04. The molecule has 0 radical (unpaired) electrons. The number of aryl methyl sites for hydroxylation is 2. The molecule has 0 aliphatic carbocycles. The van der Waals surface area contributed by atoms with Gasteiger partial charge in [0.15, 0.2) is 11.2 Å². The van der Waals surface area contributed by atoms with Gasteiger partial charge in [-0.2, -0.15) is 9.97 Å². The van der Waals surface area contributed by atoms with Gasteiger partial charge >= 0.3 is 0 Å². The maximum Gasteiger partial charge on any atom is 0.252 e. The molecule has 1 fully saturated rings. The van der Waals surface area contributed by atoms with E-state index >= 15 is 0 Å². The lowest BCUT2D eigenvalue weighted by Crippen LogP contribution is -2.24. The lowest BCUT2D eigenvalue weighted by molar-refractivity contribution is -0.0432. The monoisotopic (exact) mass is 386 g/mol. The largest absolute Gasteiger partial charge is 0.437 e. The molecule has 148 valence electrons. The number of rotatable bonds is 4. The summed E-state index contributed by atoms with van der Waals surface area (Å²) in [5.74, 6) is 0.790. The molecule has 3 heterocycles. The van der Waals surface area contributed by atoms with Crippen LogP contribution in [0.5, 0.6) is 11.6 Å². The molecule has 0 bridgehead atoms. The number of aromatic nitrogens is 4. The summed E-state index contributed by atoms with van der Waals surface area (Å²) < 4.78 is 13.3. The highest BCUT2D eigenvalue weighted by Crippen LogP contribution is 2.34. The van der Waals surface area contributed by atoms with Crippen LogP contribution < -0.4 is 16.2 Å². The predicted molar refractivity (Wildman–Crippen MR) is 102 cm³/mol. The molecule has 0 saturated carbocycles. The minimum atomic E-state index is -0.775. The van der Waals surface area contributed by atoms with Crippen molar-refractivity contribution in [1.82, 2.24) is 19.5 Å². The number of nitrogens with zero attached hydrogens (tertiary/aromatic N) is 4. The van der Waals surface area contributed by atoms with Crippen LogP contribution >= 0.6 is 0 Å². The molecular formula is C18H22N6O4. The van der Waals surface area contributed by atoms with Gasteiger partial charge in [0.1, 0.15) is 18.1 Å². The van der Waals surface area contributed by atoms with Crippen LogP contribution in [0.4, 0.5) is 11.6 Å². The summed E-state index contributed by atoms with van der Waals surface area (Å²) in [6, 6.07) is 3.62. The molecule has 6 N–H and O–H groups in total. The Morgan fingerprint density at radius 1 is 1.25 bits per heavy atom. The third kappa shape index (κ3) is 3.11. The van der Waals surface area contributed by atoms with Crippen molar-refractivity contribution < 1.29 is 19.7 Å². The average molecular weight is 386 g/mol. The molecule has 10 heteroatoms. The molecule has 10 nitrogen and oxygen atoms in total. The fraction of sp³-hybridized carbons (Fsp3) is 0.389. The quantitative estimate of drug-likeness (QED) is 0.481. The van der Waals surface area contributed by atoms with Crippen molar-refractivity contribution >= 4 is 22.8 Å². The van der Waals surface area contributed by atoms with E-state index in [0.717, 1.165) is 11.1 Å². The van der Waals surface area contributed by atoms with Crippen molar-refractivity contribution in [3.63, 3.8) is 0 Å². The fourth-order valence-corrected chi connectivity index (χ4v) is 3.34. The normalized spacial score (nSPS) is 22.1. The van der Waals surface area contributed by atoms with Gasteiger partial charge in [0, 0.05) is 12.1 Å². The lowest BCUT2D eigenvalue weighted by atomic mass is 10.1. The van der Waals surface area contributed by atoms with Gasteiger partial charge in [-0.1, -0.05) is 0 Å². The first kappa shape index (κ1) is 18.4. The van der Waals surface area contributed by atoms with E-state index in [1.54, 1.807) is 4.57 Å². The van der Waals surface area contributed by atoms with E-state index in [9.17, 15) is 10.2 Å². The standard InChI is InChI=1S/C18H22N6O4/c1-8-3-10(4-9(2)14(8)19)27-17-15-16(22-18(20)23-17)24(7-21-15)13-5-11(26)12(6-25)28-13/h3-4,7,11-13,25-26H,5-6,19H2,1-2H3,(H2,20,22,23)/t11-,12+,13+/m1/s1. The van der Waals surface area contributed by atoms with Gasteiger partial charge in [-0.15, -0.1) is 0 Å². The molecule has 1 aromatic carbocycles. The first-order valence-corrected chi connectivity index (χ1v) is 8.86. The minimum Gasteiger partial charge on any atom is -0.437 e. The number of imidazole rings is 1. The van der Waals surface area contributed by atoms with Crippen molar-refractivity contribution in [2.75, 3.05) is 18.1 Å². The lowest BCUT2D eigenvalue weighted by Gasteiger charge is -2.14. The molecule has 1 saturated heterocycles. The Labute approximate surface area is 160 Å². The van der Waals surface area contributed by atoms with E-state index < -0.39 is 18.4 Å². The van der Waals surface area contributed by atoms with Crippen LogP contribution in [0.25, 0.3) is 11.2 Å². The second kappa shape index (κ2) is 6.89. The minimum absolute atomic E-state index is 0.0189. The van der Waals surface area contributed by atoms with Crippen LogP contribution in [0, 0.1) is 13.8 Å². The van der Waals surface area contributed by atoms with Gasteiger partial charge in [0.25, 0.3) is 5.88 Å². The van der Waals surface area contributed by atoms with Crippen molar-refractivity contribution in [3.05, 3.63) is 29.6 Å². The van der Waals surface area contributed by atoms with Gasteiger partial charge in [-0.05, 0) is 37.1 Å². The number of ether oxygens (including phenoxy) is 2. The number of nitrogens with two attached hydrogens (primary N) is 2. The highest BCUT2D eigenvalue weighted by atomic mass is 16.5. The number of aliphatic hydroxyl groups is 2. The van der Waals surface area contributed by atoms with E-state index in [1.165, 1.54) is 6.33 Å². The average Bonchev–Trinajstić information content (AvgIpc) is 3.22. The van der Waals surface area contributed by atoms with Crippen LogP contribution in [-0.4, -0.2) is 48.5 Å². The van der Waals surface area contributed by atoms with Crippen LogP contribution in [0.1, 0.15) is 23.8 Å². The second-order valence-electron chi connectivity index (χ2n) is 6.90. The molecular weight excluding hydrogens is 364 g/mol. The first-order chi connectivity index (χ1) is 13.4. The third-order valence-corrected chi connectivity index (χ3v) is 4.88. The summed E-state index contributed by atoms with van der Waals surface area (Å²) in [5, 5.41) is 19.3. The number of aliphatic hydroxyl groups excluding tert-OH is 2. The third-order valence-electron chi connectivity index (χ3n) is 4.88. The maximum absolute atomic E-state index is 10.00. The van der Waals surface area contributed by atoms with E-state index in [0.29, 0.717) is 29.0 Å². The zero-order chi connectivity index (χ0) is 20.0. The maximum atomic E-state index is 10.00. The van der Waals surface area contributed by atoms with Crippen molar-refractivity contribution in [2.45, 2.75) is 38.7 Å². The van der Waals surface area contributed by atoms with Gasteiger partial charge in [0.05, 0.1) is 19.0 Å². The van der Waals surface area contributed by atoms with Gasteiger partial charge in [-0.3, -0.25) is 4.57 Å². The Hall–Kier alpha value is -2.95. The molecule has 1 aliphatic heterocycles. The molecule has 3 aromatic rings. The summed E-state index contributed by atoms with van der Waals surface area (Å²) in [6.07, 6.45) is -0.128. The molecule has 28 heavy (non-hydrogen) atoms. The van der Waals surface area contributed by atoms with E-state index in [2.05, 4.69) is 15.0 Å². The summed E-state index contributed by atoms with van der Waals surface area (Å²) in [5.41, 5.74) is 15.2. The van der Waals surface area contributed by atoms with E-state index in [4.69, 9.17) is 20.9 Å². The van der Waals surface area contributed by atoms with E-state index in [-0.39, 0.29) is 18.4 Å². The summed E-state index contributed by atoms with van der Waals surface area (Å²) in [6.45, 7) is 3.52. The Bertz CT molecular complexity index is 1010. The summed E-state index contributed by atoms with van der Waals surface area (Å²) >= 11 is 0. The molecule has 2 aromatic heterocycles. The Morgan fingerprint density at radius 2 is 1.96 bits per heavy atom. The van der Waals surface area contributed by atoms with Gasteiger partial charge in [0.2, 0.25) is 5.95 Å². The Kier molecular flexibility index (Phi) is 4.53. The molecule has 0 amide bonds. The first-order valence-electron chi connectivity index (χ1n) is 8.86. The topological polar surface area (TPSA) is 155 Å². The van der Waals surface area contributed by atoms with Crippen LogP contribution in [-0.2, 0) is 4.74 Å². The summed E-state index contributed by atoms with van der Waals surface area (Å²) in [4.78, 5) is 12.8. The highest BCUT2D eigenvalue weighted by molar-refractivity contribution is 5.78. The number of anilines is 2. The van der Waals surface area contributed by atoms with Crippen molar-refractivity contribution in [1.29, 1.82) is 0 Å². The van der Waals surface area contributed by atoms with Crippen LogP contribution in [0.2, 0.25) is 0 Å². The number of nitrogen functional groups attached to an aromatic ring is 2. The molecule has 1 aliphatic rings. The Balaban J connectivity index is 1.72. The molecule has 0 spiro atoms. The number of hydrogen-bond acceptors (Lipinski definition) is 9. The zero-order valence-corrected chi connectivity index (χ0v) is 15.5. The second-order valence-corrected chi connectivity index (χ2v) is 6.90. The highest BCUT2D eigenvalue weighted by Gasteiger charge is 2.35. The van der Waals surface area contributed by atoms with Gasteiger partial charge in [-0.25, -0.2) is 4.98 Å². The van der Waals surface area contributed by atoms with Gasteiger partial charge < -0.3 is 31.2 Å². The molecule has 3 atom stereocenters. The van der Waals surface area contributed by atoms with Crippen LogP contribution in [0.15, 0.2) is 18.5 Å². The SMILES string of the molecule is Cc1cc(Oc2nc(N)nc3c2ncn3[C@@H]2C[C@@H](O)[C@H](CO)O2)cc(C)c1N. The molecule has 4 rings (SSSR count). The smallest absolute Gasteiger partial charge is 0.252 e. The number of fused-ring (bicyclic) bond motifs is 1.